The van der Waals surface area contributed by atoms with E-state index in [9.17, 15) is 4.79 Å². The van der Waals surface area contributed by atoms with Crippen molar-refractivity contribution in [3.8, 4) is 0 Å². The van der Waals surface area contributed by atoms with Gasteiger partial charge >= 0.3 is 6.09 Å². The SMILES string of the molecule is CN1CCCCC1C1(C)CNC(=O)O1. The van der Waals surface area contributed by atoms with Crippen LogP contribution in [0, 0.1) is 0 Å². The second-order valence-electron chi connectivity index (χ2n) is 4.55. The minimum absolute atomic E-state index is 0.272. The Morgan fingerprint density at radius 3 is 2.93 bits per heavy atom. The third-order valence-electron chi connectivity index (χ3n) is 3.38. The van der Waals surface area contributed by atoms with Crippen LogP contribution in [0.2, 0.25) is 0 Å². The van der Waals surface area contributed by atoms with E-state index in [2.05, 4.69) is 17.3 Å². The number of hydrogen-bond donors (Lipinski definition) is 1. The van der Waals surface area contributed by atoms with Gasteiger partial charge in [0.2, 0.25) is 0 Å². The third kappa shape index (κ3) is 1.59. The lowest BCUT2D eigenvalue weighted by molar-refractivity contribution is -0.0186. The summed E-state index contributed by atoms with van der Waals surface area (Å²) < 4.78 is 5.37. The van der Waals surface area contributed by atoms with Gasteiger partial charge < -0.3 is 10.1 Å². The lowest BCUT2D eigenvalue weighted by Gasteiger charge is -2.41. The highest BCUT2D eigenvalue weighted by molar-refractivity contribution is 5.70. The fourth-order valence-corrected chi connectivity index (χ4v) is 2.56. The molecule has 2 aliphatic rings. The van der Waals surface area contributed by atoms with Gasteiger partial charge in [0, 0.05) is 0 Å². The summed E-state index contributed by atoms with van der Waals surface area (Å²) in [5.74, 6) is 0. The van der Waals surface area contributed by atoms with Crippen LogP contribution >= 0.6 is 0 Å². The van der Waals surface area contributed by atoms with Crippen LogP contribution in [0.1, 0.15) is 26.2 Å². The Hall–Kier alpha value is -0.770. The van der Waals surface area contributed by atoms with Crippen LogP contribution in [-0.4, -0.2) is 42.8 Å². The predicted octanol–water partition coefficient (Wildman–Crippen LogP) is 0.969. The van der Waals surface area contributed by atoms with Crippen molar-refractivity contribution in [2.24, 2.45) is 0 Å². The van der Waals surface area contributed by atoms with Crippen molar-refractivity contribution in [1.29, 1.82) is 0 Å². The van der Waals surface area contributed by atoms with E-state index < -0.39 is 0 Å². The van der Waals surface area contributed by atoms with E-state index in [-0.39, 0.29) is 11.7 Å². The Labute approximate surface area is 84.6 Å². The molecule has 14 heavy (non-hydrogen) atoms. The number of carbonyl (C=O) groups excluding carboxylic acids is 1. The van der Waals surface area contributed by atoms with E-state index >= 15 is 0 Å². The summed E-state index contributed by atoms with van der Waals surface area (Å²) in [4.78, 5) is 13.4. The van der Waals surface area contributed by atoms with Crippen LogP contribution in [0.3, 0.4) is 0 Å². The van der Waals surface area contributed by atoms with Gasteiger partial charge in [0.25, 0.3) is 0 Å². The smallest absolute Gasteiger partial charge is 0.407 e. The van der Waals surface area contributed by atoms with Gasteiger partial charge in [-0.3, -0.25) is 4.90 Å². The Morgan fingerprint density at radius 2 is 2.36 bits per heavy atom. The molecule has 0 aromatic carbocycles. The molecule has 2 rings (SSSR count). The molecule has 0 aromatic heterocycles. The molecule has 2 unspecified atom stereocenters. The fraction of sp³-hybridized carbons (Fsp3) is 0.900. The minimum Gasteiger partial charge on any atom is -0.440 e. The van der Waals surface area contributed by atoms with E-state index in [0.717, 1.165) is 13.0 Å². The highest BCUT2D eigenvalue weighted by atomic mass is 16.6. The van der Waals surface area contributed by atoms with Gasteiger partial charge in [-0.15, -0.1) is 0 Å². The number of alkyl carbamates (subject to hydrolysis) is 1. The minimum atomic E-state index is -0.327. The van der Waals surface area contributed by atoms with E-state index in [0.29, 0.717) is 12.6 Å². The lowest BCUT2D eigenvalue weighted by Crippen LogP contribution is -2.53. The first-order chi connectivity index (χ1) is 6.62. The molecule has 1 amide bonds. The van der Waals surface area contributed by atoms with Crippen molar-refractivity contribution in [3.63, 3.8) is 0 Å². The van der Waals surface area contributed by atoms with Crippen LogP contribution in [0.25, 0.3) is 0 Å². The van der Waals surface area contributed by atoms with Crippen molar-refractivity contribution in [3.05, 3.63) is 0 Å². The standard InChI is InChI=1S/C10H18N2O2/c1-10(7-11-9(13)14-10)8-5-3-4-6-12(8)2/h8H,3-7H2,1-2H3,(H,11,13). The maximum atomic E-state index is 11.1. The first-order valence-electron chi connectivity index (χ1n) is 5.29. The topological polar surface area (TPSA) is 41.6 Å². The number of nitrogens with one attached hydrogen (secondary N) is 1. The summed E-state index contributed by atoms with van der Waals surface area (Å²) in [6, 6.07) is 0.371. The normalized spacial score (nSPS) is 39.3. The van der Waals surface area contributed by atoms with Crippen LogP contribution in [0.4, 0.5) is 4.79 Å². The average molecular weight is 198 g/mol. The second kappa shape index (κ2) is 3.42. The largest absolute Gasteiger partial charge is 0.440 e. The lowest BCUT2D eigenvalue weighted by atomic mass is 9.88. The van der Waals surface area contributed by atoms with Crippen molar-refractivity contribution in [2.75, 3.05) is 20.1 Å². The quantitative estimate of drug-likeness (QED) is 0.682. The number of carbonyl (C=O) groups is 1. The molecule has 0 saturated carbocycles. The number of piperidine rings is 1. The van der Waals surface area contributed by atoms with Crippen molar-refractivity contribution >= 4 is 6.09 Å². The molecule has 2 aliphatic heterocycles. The highest BCUT2D eigenvalue weighted by Crippen LogP contribution is 2.29. The van der Waals surface area contributed by atoms with Crippen LogP contribution in [0.15, 0.2) is 0 Å². The molecule has 2 fully saturated rings. The molecule has 2 heterocycles. The number of nitrogens with zero attached hydrogens (tertiary/aromatic N) is 1. The zero-order valence-electron chi connectivity index (χ0n) is 8.88. The summed E-state index contributed by atoms with van der Waals surface area (Å²) >= 11 is 0. The van der Waals surface area contributed by atoms with Gasteiger partial charge in [0.1, 0.15) is 5.60 Å². The van der Waals surface area contributed by atoms with Crippen LogP contribution in [-0.2, 0) is 4.74 Å². The molecule has 4 heteroatoms. The Morgan fingerprint density at radius 1 is 1.57 bits per heavy atom. The highest BCUT2D eigenvalue weighted by Gasteiger charge is 2.45. The second-order valence-corrected chi connectivity index (χ2v) is 4.55. The van der Waals surface area contributed by atoms with Crippen LogP contribution < -0.4 is 5.32 Å². The third-order valence-corrected chi connectivity index (χ3v) is 3.38. The molecule has 0 spiro atoms. The number of amides is 1. The van der Waals surface area contributed by atoms with E-state index in [1.165, 1.54) is 12.8 Å². The monoisotopic (exact) mass is 198 g/mol. The van der Waals surface area contributed by atoms with Crippen molar-refractivity contribution in [1.82, 2.24) is 10.2 Å². The van der Waals surface area contributed by atoms with Gasteiger partial charge in [-0.05, 0) is 33.4 Å². The number of ether oxygens (including phenoxy) is 1. The fourth-order valence-electron chi connectivity index (χ4n) is 2.56. The summed E-state index contributed by atoms with van der Waals surface area (Å²) in [6.45, 7) is 3.77. The zero-order chi connectivity index (χ0) is 10.2. The molecule has 0 bridgehead atoms. The number of hydrogen-bond acceptors (Lipinski definition) is 3. The summed E-state index contributed by atoms with van der Waals surface area (Å²) in [6.07, 6.45) is 3.35. The van der Waals surface area contributed by atoms with Crippen molar-refractivity contribution in [2.45, 2.75) is 37.8 Å². The molecule has 2 saturated heterocycles. The molecular formula is C10H18N2O2. The first-order valence-corrected chi connectivity index (χ1v) is 5.29. The zero-order valence-corrected chi connectivity index (χ0v) is 8.88. The molecule has 2 atom stereocenters. The summed E-state index contributed by atoms with van der Waals surface area (Å²) in [7, 11) is 2.11. The van der Waals surface area contributed by atoms with E-state index in [4.69, 9.17) is 4.74 Å². The molecule has 0 radical (unpaired) electrons. The summed E-state index contributed by atoms with van der Waals surface area (Å²) in [5, 5.41) is 2.74. The molecule has 0 aromatic rings. The average Bonchev–Trinajstić information content (AvgIpc) is 2.48. The number of likely N-dealkylation sites (N-methyl/N-ethyl adjacent to an activating group) is 1. The molecular weight excluding hydrogens is 180 g/mol. The van der Waals surface area contributed by atoms with Gasteiger partial charge in [0.05, 0.1) is 12.6 Å². The number of likely N-dealkylation sites (tertiary alicyclic amines) is 1. The number of cyclic esters (lactones) is 1. The molecule has 0 aliphatic carbocycles. The van der Waals surface area contributed by atoms with E-state index in [1.807, 2.05) is 6.92 Å². The van der Waals surface area contributed by atoms with Gasteiger partial charge in [-0.25, -0.2) is 4.79 Å². The number of rotatable bonds is 1. The first kappa shape index (κ1) is 9.77. The molecule has 80 valence electrons. The van der Waals surface area contributed by atoms with Crippen LogP contribution in [0.5, 0.6) is 0 Å². The predicted molar refractivity (Wildman–Crippen MR) is 53.2 cm³/mol. The van der Waals surface area contributed by atoms with Gasteiger partial charge in [0.15, 0.2) is 0 Å². The summed E-state index contributed by atoms with van der Waals surface area (Å²) in [5.41, 5.74) is -0.327. The van der Waals surface area contributed by atoms with Crippen molar-refractivity contribution < 1.29 is 9.53 Å². The van der Waals surface area contributed by atoms with E-state index in [1.54, 1.807) is 0 Å². The Balaban J connectivity index is 2.08. The molecule has 4 nitrogen and oxygen atoms in total. The Kier molecular flexibility index (Phi) is 2.39. The maximum Gasteiger partial charge on any atom is 0.407 e. The maximum absolute atomic E-state index is 11.1. The molecule has 1 N–H and O–H groups in total. The Bertz CT molecular complexity index is 244. The van der Waals surface area contributed by atoms with Gasteiger partial charge in [-0.1, -0.05) is 6.42 Å². The van der Waals surface area contributed by atoms with Gasteiger partial charge in [-0.2, -0.15) is 0 Å².